The molecule has 1 fully saturated rings. The molecule has 27 heavy (non-hydrogen) atoms. The maximum Gasteiger partial charge on any atom is 0.266 e. The molecule has 0 radical (unpaired) electrons. The molecule has 136 valence electrons. The average molecular weight is 394 g/mol. The zero-order valence-electron chi connectivity index (χ0n) is 15.1. The first-order valence-electron chi connectivity index (χ1n) is 8.84. The highest BCUT2D eigenvalue weighted by molar-refractivity contribution is 8.26. The van der Waals surface area contributed by atoms with Gasteiger partial charge in [0.1, 0.15) is 16.2 Å². The Balaban J connectivity index is 1.63. The van der Waals surface area contributed by atoms with Crippen molar-refractivity contribution in [2.24, 2.45) is 0 Å². The predicted molar refractivity (Wildman–Crippen MR) is 114 cm³/mol. The Morgan fingerprint density at radius 3 is 2.63 bits per heavy atom. The van der Waals surface area contributed by atoms with Gasteiger partial charge >= 0.3 is 0 Å². The van der Waals surface area contributed by atoms with Gasteiger partial charge in [-0.15, -0.1) is 0 Å². The molecule has 1 amide bonds. The number of hydrogen-bond acceptors (Lipinski definition) is 4. The van der Waals surface area contributed by atoms with Crippen LogP contribution in [-0.4, -0.2) is 21.2 Å². The molecule has 0 aliphatic carbocycles. The zero-order valence-corrected chi connectivity index (χ0v) is 16.7. The number of fused-ring (bicyclic) bond motifs is 1. The highest BCUT2D eigenvalue weighted by atomic mass is 32.2. The number of ether oxygens (including phenoxy) is 1. The summed E-state index contributed by atoms with van der Waals surface area (Å²) in [6, 6.07) is 17.8. The molecular formula is C22H19NO2S2. The monoisotopic (exact) mass is 393 g/mol. The van der Waals surface area contributed by atoms with Crippen molar-refractivity contribution < 1.29 is 9.53 Å². The van der Waals surface area contributed by atoms with Crippen molar-refractivity contribution in [3.63, 3.8) is 0 Å². The first-order valence-corrected chi connectivity index (χ1v) is 10.1. The van der Waals surface area contributed by atoms with Crippen LogP contribution in [0.1, 0.15) is 31.0 Å². The highest BCUT2D eigenvalue weighted by Crippen LogP contribution is 2.39. The van der Waals surface area contributed by atoms with Crippen molar-refractivity contribution in [3.8, 4) is 5.75 Å². The lowest BCUT2D eigenvalue weighted by Crippen LogP contribution is -2.31. The van der Waals surface area contributed by atoms with E-state index < -0.39 is 0 Å². The van der Waals surface area contributed by atoms with Crippen LogP contribution in [0.5, 0.6) is 5.75 Å². The van der Waals surface area contributed by atoms with Gasteiger partial charge in [0, 0.05) is 5.56 Å². The number of carbonyl (C=O) groups is 1. The lowest BCUT2D eigenvalue weighted by molar-refractivity contribution is -0.123. The van der Waals surface area contributed by atoms with E-state index in [1.54, 1.807) is 4.90 Å². The van der Waals surface area contributed by atoms with Crippen LogP contribution in [0.15, 0.2) is 71.2 Å². The first kappa shape index (κ1) is 18.0. The van der Waals surface area contributed by atoms with Crippen molar-refractivity contribution in [1.29, 1.82) is 0 Å². The Labute approximate surface area is 168 Å². The van der Waals surface area contributed by atoms with Crippen LogP contribution in [0, 0.1) is 0 Å². The maximum absolute atomic E-state index is 13.0. The summed E-state index contributed by atoms with van der Waals surface area (Å²) in [5, 5.41) is 0. The molecule has 2 atom stereocenters. The van der Waals surface area contributed by atoms with Gasteiger partial charge in [0.15, 0.2) is 0 Å². The van der Waals surface area contributed by atoms with E-state index in [1.807, 2.05) is 74.5 Å². The minimum Gasteiger partial charge on any atom is -0.485 e. The average Bonchev–Trinajstić information content (AvgIpc) is 2.96. The Kier molecular flexibility index (Phi) is 4.89. The summed E-state index contributed by atoms with van der Waals surface area (Å²) in [6.07, 6.45) is 3.88. The van der Waals surface area contributed by atoms with E-state index in [0.29, 0.717) is 9.23 Å². The molecule has 2 aromatic rings. The summed E-state index contributed by atoms with van der Waals surface area (Å²) in [5.41, 5.74) is 3.06. The van der Waals surface area contributed by atoms with Crippen LogP contribution >= 0.6 is 24.0 Å². The van der Waals surface area contributed by atoms with Crippen LogP contribution in [0.4, 0.5) is 0 Å². The molecule has 2 aliphatic rings. The lowest BCUT2D eigenvalue weighted by atomic mass is 10.0. The fourth-order valence-electron chi connectivity index (χ4n) is 3.27. The normalized spacial score (nSPS) is 21.7. The van der Waals surface area contributed by atoms with Gasteiger partial charge in [0.05, 0.1) is 10.9 Å². The van der Waals surface area contributed by atoms with Gasteiger partial charge in [-0.25, -0.2) is 0 Å². The second kappa shape index (κ2) is 7.33. The smallest absolute Gasteiger partial charge is 0.266 e. The molecule has 0 aromatic heterocycles. The largest absolute Gasteiger partial charge is 0.485 e. The topological polar surface area (TPSA) is 29.5 Å². The molecule has 0 saturated carbocycles. The second-order valence-corrected chi connectivity index (χ2v) is 8.26. The van der Waals surface area contributed by atoms with Gasteiger partial charge in [0.25, 0.3) is 5.91 Å². The number of para-hydroxylation sites is 1. The quantitative estimate of drug-likeness (QED) is 0.519. The lowest BCUT2D eigenvalue weighted by Gasteiger charge is -2.24. The van der Waals surface area contributed by atoms with E-state index in [0.717, 1.165) is 22.4 Å². The summed E-state index contributed by atoms with van der Waals surface area (Å²) in [6.45, 7) is 4.00. The molecule has 2 aliphatic heterocycles. The molecule has 2 heterocycles. The van der Waals surface area contributed by atoms with Crippen LogP contribution in [0.25, 0.3) is 6.08 Å². The molecule has 3 nitrogen and oxygen atoms in total. The molecule has 5 heteroatoms. The van der Waals surface area contributed by atoms with E-state index in [-0.39, 0.29) is 18.1 Å². The SMILES string of the molecule is CC1Oc2ccccc2C=C1C=C1SC(=S)N(C(C)c2ccccc2)C1=O. The number of thioether (sulfide) groups is 1. The second-order valence-electron chi connectivity index (χ2n) is 6.58. The number of carbonyl (C=O) groups excluding carboxylic acids is 1. The third-order valence-electron chi connectivity index (χ3n) is 4.80. The minimum atomic E-state index is -0.116. The number of rotatable bonds is 3. The zero-order chi connectivity index (χ0) is 19.0. The third kappa shape index (κ3) is 3.45. The molecule has 0 spiro atoms. The Bertz CT molecular complexity index is 965. The van der Waals surface area contributed by atoms with E-state index in [4.69, 9.17) is 17.0 Å². The van der Waals surface area contributed by atoms with Gasteiger partial charge in [-0.3, -0.25) is 9.69 Å². The summed E-state index contributed by atoms with van der Waals surface area (Å²) in [4.78, 5) is 15.4. The van der Waals surface area contributed by atoms with Crippen molar-refractivity contribution in [3.05, 3.63) is 82.3 Å². The van der Waals surface area contributed by atoms with Crippen LogP contribution in [0.2, 0.25) is 0 Å². The first-order chi connectivity index (χ1) is 13.0. The van der Waals surface area contributed by atoms with Crippen molar-refractivity contribution in [2.75, 3.05) is 0 Å². The third-order valence-corrected chi connectivity index (χ3v) is 6.14. The number of amides is 1. The van der Waals surface area contributed by atoms with E-state index in [1.165, 1.54) is 11.8 Å². The Hall–Kier alpha value is -2.37. The fourth-order valence-corrected chi connectivity index (χ4v) is 4.69. The van der Waals surface area contributed by atoms with Crippen molar-refractivity contribution in [2.45, 2.75) is 26.0 Å². The van der Waals surface area contributed by atoms with E-state index in [9.17, 15) is 4.79 Å². The maximum atomic E-state index is 13.0. The number of benzene rings is 2. The summed E-state index contributed by atoms with van der Waals surface area (Å²) in [7, 11) is 0. The fraction of sp³-hybridized carbons (Fsp3) is 0.182. The van der Waals surface area contributed by atoms with Crippen LogP contribution in [0.3, 0.4) is 0 Å². The molecular weight excluding hydrogens is 374 g/mol. The Morgan fingerprint density at radius 2 is 1.85 bits per heavy atom. The molecule has 4 rings (SSSR count). The summed E-state index contributed by atoms with van der Waals surface area (Å²) in [5.74, 6) is 0.820. The standard InChI is InChI=1S/C22H19NO2S2/c1-14(16-8-4-3-5-9-16)23-21(24)20(27-22(23)26)13-18-12-17-10-6-7-11-19(17)25-15(18)2/h3-15H,1-2H3. The predicted octanol–water partition coefficient (Wildman–Crippen LogP) is 5.36. The Morgan fingerprint density at radius 1 is 1.15 bits per heavy atom. The minimum absolute atomic E-state index is 0.0479. The van der Waals surface area contributed by atoms with E-state index in [2.05, 4.69) is 6.08 Å². The molecule has 1 saturated heterocycles. The summed E-state index contributed by atoms with van der Waals surface area (Å²) >= 11 is 6.86. The molecule has 0 bridgehead atoms. The molecule has 2 unspecified atom stereocenters. The number of nitrogens with zero attached hydrogens (tertiary/aromatic N) is 1. The van der Waals surface area contributed by atoms with Gasteiger partial charge in [-0.1, -0.05) is 72.5 Å². The molecule has 0 N–H and O–H groups in total. The van der Waals surface area contributed by atoms with Crippen molar-refractivity contribution >= 4 is 40.3 Å². The van der Waals surface area contributed by atoms with E-state index >= 15 is 0 Å². The summed E-state index contributed by atoms with van der Waals surface area (Å²) < 4.78 is 6.57. The van der Waals surface area contributed by atoms with Crippen molar-refractivity contribution in [1.82, 2.24) is 4.90 Å². The van der Waals surface area contributed by atoms with Gasteiger partial charge in [-0.2, -0.15) is 0 Å². The van der Waals surface area contributed by atoms with Gasteiger partial charge in [-0.05, 0) is 43.2 Å². The number of hydrogen-bond donors (Lipinski definition) is 0. The van der Waals surface area contributed by atoms with Crippen LogP contribution < -0.4 is 4.74 Å². The highest BCUT2D eigenvalue weighted by Gasteiger charge is 2.36. The molecule has 2 aromatic carbocycles. The van der Waals surface area contributed by atoms with Crippen LogP contribution in [-0.2, 0) is 4.79 Å². The number of thiocarbonyl (C=S) groups is 1. The van der Waals surface area contributed by atoms with Gasteiger partial charge < -0.3 is 4.74 Å². The van der Waals surface area contributed by atoms with Gasteiger partial charge in [0.2, 0.25) is 0 Å².